The van der Waals surface area contributed by atoms with Gasteiger partial charge in [0.1, 0.15) is 0 Å². The molecule has 0 unspecified atom stereocenters. The molecule has 0 aliphatic heterocycles. The lowest BCUT2D eigenvalue weighted by Gasteiger charge is -2.27. The summed E-state index contributed by atoms with van der Waals surface area (Å²) in [7, 11) is 0. The van der Waals surface area contributed by atoms with E-state index in [1.54, 1.807) is 0 Å². The van der Waals surface area contributed by atoms with E-state index in [4.69, 9.17) is 5.73 Å². The van der Waals surface area contributed by atoms with Gasteiger partial charge in [0.25, 0.3) is 0 Å². The van der Waals surface area contributed by atoms with Crippen molar-refractivity contribution >= 4 is 40.2 Å². The van der Waals surface area contributed by atoms with Gasteiger partial charge in [-0.25, -0.2) is 0 Å². The maximum Gasteiger partial charge on any atom is 0.240 e. The third kappa shape index (κ3) is 6.89. The zero-order chi connectivity index (χ0) is 16.9. The van der Waals surface area contributed by atoms with Gasteiger partial charge in [0.05, 0.1) is 18.1 Å². The second-order valence-electron chi connectivity index (χ2n) is 6.17. The molecule has 23 heavy (non-hydrogen) atoms. The molecule has 1 aromatic carbocycles. The molecular formula is C16H25BrClN3O2. The van der Waals surface area contributed by atoms with E-state index in [1.807, 2.05) is 52.0 Å². The van der Waals surface area contributed by atoms with Gasteiger partial charge in [0, 0.05) is 4.47 Å². The molecule has 130 valence electrons. The van der Waals surface area contributed by atoms with E-state index in [2.05, 4.69) is 26.6 Å². The summed E-state index contributed by atoms with van der Waals surface area (Å²) in [4.78, 5) is 23.8. The van der Waals surface area contributed by atoms with Crippen LogP contribution in [0, 0.1) is 5.92 Å². The number of halogens is 2. The Hall–Kier alpha value is -1.11. The fraction of sp³-hybridized carbons (Fsp3) is 0.500. The number of amides is 2. The lowest BCUT2D eigenvalue weighted by atomic mass is 9.94. The van der Waals surface area contributed by atoms with Crippen LogP contribution in [0.25, 0.3) is 0 Å². The number of benzene rings is 1. The minimum Gasteiger partial charge on any atom is -0.346 e. The molecule has 0 radical (unpaired) electrons. The fourth-order valence-corrected chi connectivity index (χ4v) is 2.18. The Morgan fingerprint density at radius 3 is 2.22 bits per heavy atom. The summed E-state index contributed by atoms with van der Waals surface area (Å²) in [5, 5.41) is 5.47. The van der Waals surface area contributed by atoms with Crippen LogP contribution in [-0.2, 0) is 15.1 Å². The first-order valence-electron chi connectivity index (χ1n) is 7.24. The molecule has 2 amide bonds. The van der Waals surface area contributed by atoms with Gasteiger partial charge in [0.2, 0.25) is 11.8 Å². The monoisotopic (exact) mass is 405 g/mol. The summed E-state index contributed by atoms with van der Waals surface area (Å²) in [6, 6.07) is 7.13. The van der Waals surface area contributed by atoms with Gasteiger partial charge in [0.15, 0.2) is 0 Å². The number of hydrogen-bond donors (Lipinski definition) is 3. The van der Waals surface area contributed by atoms with E-state index in [0.717, 1.165) is 10.0 Å². The van der Waals surface area contributed by atoms with Crippen molar-refractivity contribution in [1.82, 2.24) is 10.6 Å². The van der Waals surface area contributed by atoms with Crippen LogP contribution in [-0.4, -0.2) is 24.4 Å². The van der Waals surface area contributed by atoms with Crippen LogP contribution in [0.5, 0.6) is 0 Å². The third-order valence-corrected chi connectivity index (χ3v) is 3.99. The van der Waals surface area contributed by atoms with Gasteiger partial charge in [-0.15, -0.1) is 12.4 Å². The van der Waals surface area contributed by atoms with Crippen LogP contribution in [0.2, 0.25) is 0 Å². The Morgan fingerprint density at radius 2 is 1.74 bits per heavy atom. The van der Waals surface area contributed by atoms with E-state index in [9.17, 15) is 9.59 Å². The van der Waals surface area contributed by atoms with E-state index in [-0.39, 0.29) is 36.7 Å². The van der Waals surface area contributed by atoms with Crippen molar-refractivity contribution < 1.29 is 9.59 Å². The highest BCUT2D eigenvalue weighted by Gasteiger charge is 2.23. The van der Waals surface area contributed by atoms with Crippen LogP contribution >= 0.6 is 28.3 Å². The lowest BCUT2D eigenvalue weighted by molar-refractivity contribution is -0.128. The molecule has 0 aromatic heterocycles. The Kier molecular flexibility index (Phi) is 8.80. The number of nitrogens with one attached hydrogen (secondary N) is 2. The van der Waals surface area contributed by atoms with Crippen LogP contribution in [0.4, 0.5) is 0 Å². The van der Waals surface area contributed by atoms with Gasteiger partial charge < -0.3 is 16.4 Å². The maximum atomic E-state index is 12.0. The normalized spacial score (nSPS) is 12.3. The summed E-state index contributed by atoms with van der Waals surface area (Å²) >= 11 is 3.38. The predicted molar refractivity (Wildman–Crippen MR) is 98.4 cm³/mol. The molecule has 0 saturated carbocycles. The van der Waals surface area contributed by atoms with Crippen molar-refractivity contribution in [3.05, 3.63) is 34.3 Å². The van der Waals surface area contributed by atoms with Gasteiger partial charge in [-0.05, 0) is 37.5 Å². The Labute approximate surface area is 152 Å². The Bertz CT molecular complexity index is 533. The molecule has 0 bridgehead atoms. The first kappa shape index (κ1) is 21.9. The largest absolute Gasteiger partial charge is 0.346 e. The number of carbonyl (C=O) groups is 2. The zero-order valence-electron chi connectivity index (χ0n) is 13.9. The third-order valence-electron chi connectivity index (χ3n) is 3.46. The highest BCUT2D eigenvalue weighted by atomic mass is 79.9. The van der Waals surface area contributed by atoms with Crippen molar-refractivity contribution in [2.75, 3.05) is 6.54 Å². The van der Waals surface area contributed by atoms with Crippen molar-refractivity contribution in [3.63, 3.8) is 0 Å². The summed E-state index contributed by atoms with van der Waals surface area (Å²) in [5.74, 6) is -0.536. The number of carbonyl (C=O) groups excluding carboxylic acids is 2. The molecule has 5 nitrogen and oxygen atoms in total. The summed E-state index contributed by atoms with van der Waals surface area (Å²) in [6.45, 7) is 7.47. The fourth-order valence-electron chi connectivity index (χ4n) is 1.92. The minimum atomic E-state index is -0.604. The molecular weight excluding hydrogens is 382 g/mol. The molecule has 4 N–H and O–H groups in total. The van der Waals surface area contributed by atoms with Gasteiger partial charge in [-0.1, -0.05) is 41.9 Å². The lowest BCUT2D eigenvalue weighted by Crippen LogP contribution is -2.50. The average Bonchev–Trinajstić information content (AvgIpc) is 2.43. The average molecular weight is 407 g/mol. The van der Waals surface area contributed by atoms with E-state index in [1.165, 1.54) is 0 Å². The highest BCUT2D eigenvalue weighted by Crippen LogP contribution is 2.21. The standard InChI is InChI=1S/C16H24BrN3O2.ClH/c1-10(2)14(18)15(22)19-9-13(21)20-16(3,4)11-5-7-12(17)8-6-11;/h5-8,10,14H,9,18H2,1-4H3,(H,19,22)(H,20,21);1H/t14-;/m0./s1. The molecule has 0 saturated heterocycles. The van der Waals surface area contributed by atoms with Crippen molar-refractivity contribution in [2.45, 2.75) is 39.3 Å². The maximum absolute atomic E-state index is 12.0. The van der Waals surface area contributed by atoms with Gasteiger partial charge in [-0.3, -0.25) is 9.59 Å². The van der Waals surface area contributed by atoms with Crippen LogP contribution in [0.15, 0.2) is 28.7 Å². The van der Waals surface area contributed by atoms with Gasteiger partial charge >= 0.3 is 0 Å². The predicted octanol–water partition coefficient (Wildman–Crippen LogP) is 2.32. The van der Waals surface area contributed by atoms with E-state index >= 15 is 0 Å². The summed E-state index contributed by atoms with van der Waals surface area (Å²) in [6.07, 6.45) is 0. The summed E-state index contributed by atoms with van der Waals surface area (Å²) in [5.41, 5.74) is 6.19. The van der Waals surface area contributed by atoms with Crippen molar-refractivity contribution in [2.24, 2.45) is 11.7 Å². The highest BCUT2D eigenvalue weighted by molar-refractivity contribution is 9.10. The summed E-state index contributed by atoms with van der Waals surface area (Å²) < 4.78 is 0.980. The molecule has 0 heterocycles. The molecule has 1 rings (SSSR count). The molecule has 0 fully saturated rings. The van der Waals surface area contributed by atoms with Crippen molar-refractivity contribution in [1.29, 1.82) is 0 Å². The first-order chi connectivity index (χ1) is 10.1. The molecule has 7 heteroatoms. The molecule has 0 spiro atoms. The van der Waals surface area contributed by atoms with Crippen molar-refractivity contribution in [3.8, 4) is 0 Å². The van der Waals surface area contributed by atoms with Crippen LogP contribution < -0.4 is 16.4 Å². The minimum absolute atomic E-state index is 0. The van der Waals surface area contributed by atoms with Gasteiger partial charge in [-0.2, -0.15) is 0 Å². The molecule has 0 aliphatic rings. The topological polar surface area (TPSA) is 84.2 Å². The smallest absolute Gasteiger partial charge is 0.240 e. The van der Waals surface area contributed by atoms with Crippen LogP contribution in [0.1, 0.15) is 33.3 Å². The molecule has 1 atom stereocenters. The van der Waals surface area contributed by atoms with E-state index < -0.39 is 11.6 Å². The second kappa shape index (κ2) is 9.25. The Balaban J connectivity index is 0.00000484. The zero-order valence-corrected chi connectivity index (χ0v) is 16.3. The quantitative estimate of drug-likeness (QED) is 0.678. The first-order valence-corrected chi connectivity index (χ1v) is 8.03. The molecule has 0 aliphatic carbocycles. The van der Waals surface area contributed by atoms with Crippen LogP contribution in [0.3, 0.4) is 0 Å². The molecule has 1 aromatic rings. The SMILES string of the molecule is CC(C)[C@H](N)C(=O)NCC(=O)NC(C)(C)c1ccc(Br)cc1.Cl. The number of hydrogen-bond acceptors (Lipinski definition) is 3. The van der Waals surface area contributed by atoms with E-state index in [0.29, 0.717) is 0 Å². The second-order valence-corrected chi connectivity index (χ2v) is 7.08. The number of nitrogens with two attached hydrogens (primary N) is 1. The Morgan fingerprint density at radius 1 is 1.22 bits per heavy atom. The number of rotatable bonds is 6.